The lowest BCUT2D eigenvalue weighted by molar-refractivity contribution is -0.130. The number of nitrogens with zero attached hydrogens (tertiary/aromatic N) is 6. The Labute approximate surface area is 164 Å². The van der Waals surface area contributed by atoms with Crippen LogP contribution in [0, 0.1) is 13.8 Å². The standard InChI is InChI=1S/C18H19N7O2S/c1-10-12(11(2)25-18(21-10)19-9-20-25)4-5-15(26)24(3)8-14-22-13-6-7-28-16(13)17(27)23-14/h6-7,9H,4-5,8H2,1-3H3,(H,22,23,27). The number of fused-ring (bicyclic) bond motifs is 2. The first-order valence-corrected chi connectivity index (χ1v) is 9.68. The molecule has 4 heterocycles. The largest absolute Gasteiger partial charge is 0.338 e. The van der Waals surface area contributed by atoms with Crippen molar-refractivity contribution < 1.29 is 4.79 Å². The molecule has 4 rings (SSSR count). The number of carbonyl (C=O) groups is 1. The van der Waals surface area contributed by atoms with Crippen LogP contribution in [0.3, 0.4) is 0 Å². The van der Waals surface area contributed by atoms with Crippen LogP contribution in [0.2, 0.25) is 0 Å². The molecule has 0 aliphatic heterocycles. The third kappa shape index (κ3) is 3.26. The maximum atomic E-state index is 12.6. The number of hydrogen-bond donors (Lipinski definition) is 1. The van der Waals surface area contributed by atoms with Crippen molar-refractivity contribution in [3.05, 3.63) is 50.9 Å². The number of H-pyrrole nitrogens is 1. The molecule has 4 aromatic heterocycles. The van der Waals surface area contributed by atoms with E-state index in [1.54, 1.807) is 22.5 Å². The Balaban J connectivity index is 1.46. The van der Waals surface area contributed by atoms with E-state index in [4.69, 9.17) is 0 Å². The van der Waals surface area contributed by atoms with Crippen LogP contribution in [-0.2, 0) is 17.8 Å². The summed E-state index contributed by atoms with van der Waals surface area (Å²) in [4.78, 5) is 42.0. The van der Waals surface area contributed by atoms with Gasteiger partial charge in [0.25, 0.3) is 11.3 Å². The van der Waals surface area contributed by atoms with Crippen molar-refractivity contribution in [1.82, 2.24) is 34.4 Å². The smallest absolute Gasteiger partial charge is 0.268 e. The number of thiophene rings is 1. The van der Waals surface area contributed by atoms with Gasteiger partial charge in [-0.25, -0.2) is 14.5 Å². The van der Waals surface area contributed by atoms with Gasteiger partial charge < -0.3 is 9.88 Å². The van der Waals surface area contributed by atoms with Crippen LogP contribution in [0.15, 0.2) is 22.6 Å². The zero-order valence-electron chi connectivity index (χ0n) is 15.8. The average Bonchev–Trinajstić information content (AvgIpc) is 3.30. The molecule has 0 atom stereocenters. The van der Waals surface area contributed by atoms with Gasteiger partial charge in [-0.05, 0) is 37.3 Å². The summed E-state index contributed by atoms with van der Waals surface area (Å²) in [5.41, 5.74) is 3.26. The number of aromatic amines is 1. The van der Waals surface area contributed by atoms with Gasteiger partial charge in [-0.15, -0.1) is 11.3 Å². The SMILES string of the molecule is Cc1nc2ncnn2c(C)c1CCC(=O)N(C)Cc1nc2ccsc2c(=O)[nH]1. The molecule has 0 fully saturated rings. The monoisotopic (exact) mass is 397 g/mol. The summed E-state index contributed by atoms with van der Waals surface area (Å²) in [5.74, 6) is 0.997. The number of rotatable bonds is 5. The molecule has 1 amide bonds. The summed E-state index contributed by atoms with van der Waals surface area (Å²) in [6.07, 6.45) is 2.34. The molecule has 9 nitrogen and oxygen atoms in total. The van der Waals surface area contributed by atoms with E-state index in [2.05, 4.69) is 25.0 Å². The highest BCUT2D eigenvalue weighted by Gasteiger charge is 2.16. The summed E-state index contributed by atoms with van der Waals surface area (Å²) in [7, 11) is 1.71. The Morgan fingerprint density at radius 2 is 2.14 bits per heavy atom. The first-order valence-electron chi connectivity index (χ1n) is 8.80. The molecule has 0 radical (unpaired) electrons. The fourth-order valence-electron chi connectivity index (χ4n) is 3.25. The lowest BCUT2D eigenvalue weighted by atomic mass is 10.1. The van der Waals surface area contributed by atoms with Gasteiger partial charge in [0, 0.05) is 24.9 Å². The van der Waals surface area contributed by atoms with Crippen LogP contribution in [-0.4, -0.2) is 47.4 Å². The van der Waals surface area contributed by atoms with Crippen LogP contribution in [0.5, 0.6) is 0 Å². The van der Waals surface area contributed by atoms with E-state index in [0.717, 1.165) is 17.0 Å². The summed E-state index contributed by atoms with van der Waals surface area (Å²) in [6.45, 7) is 4.11. The first-order chi connectivity index (χ1) is 13.4. The molecule has 4 aromatic rings. The second kappa shape index (κ2) is 7.12. The van der Waals surface area contributed by atoms with Gasteiger partial charge in [0.1, 0.15) is 16.9 Å². The molecular weight excluding hydrogens is 378 g/mol. The van der Waals surface area contributed by atoms with Crippen LogP contribution in [0.4, 0.5) is 0 Å². The van der Waals surface area contributed by atoms with Gasteiger partial charge in [-0.3, -0.25) is 9.59 Å². The number of hydrogen-bond acceptors (Lipinski definition) is 7. The molecule has 0 unspecified atom stereocenters. The summed E-state index contributed by atoms with van der Waals surface area (Å²) >= 11 is 1.35. The van der Waals surface area contributed by atoms with Crippen molar-refractivity contribution in [2.75, 3.05) is 7.05 Å². The van der Waals surface area contributed by atoms with Gasteiger partial charge in [-0.2, -0.15) is 10.1 Å². The molecule has 0 bridgehead atoms. The third-order valence-corrected chi connectivity index (χ3v) is 5.66. The van der Waals surface area contributed by atoms with Gasteiger partial charge >= 0.3 is 0 Å². The lowest BCUT2D eigenvalue weighted by Gasteiger charge is -2.17. The fraction of sp³-hybridized carbons (Fsp3) is 0.333. The maximum absolute atomic E-state index is 12.6. The summed E-state index contributed by atoms with van der Waals surface area (Å²) < 4.78 is 2.28. The Hall–Kier alpha value is -3.14. The Bertz CT molecular complexity index is 1240. The van der Waals surface area contributed by atoms with Gasteiger partial charge in [0.05, 0.1) is 12.1 Å². The maximum Gasteiger partial charge on any atom is 0.268 e. The second-order valence-corrected chi connectivity index (χ2v) is 7.55. The molecule has 144 valence electrons. The van der Waals surface area contributed by atoms with E-state index in [-0.39, 0.29) is 18.0 Å². The third-order valence-electron chi connectivity index (χ3n) is 4.75. The van der Waals surface area contributed by atoms with Gasteiger partial charge in [0.2, 0.25) is 5.91 Å². The predicted octanol–water partition coefficient (Wildman–Crippen LogP) is 1.63. The molecule has 10 heteroatoms. The van der Waals surface area contributed by atoms with E-state index in [0.29, 0.717) is 34.7 Å². The highest BCUT2D eigenvalue weighted by molar-refractivity contribution is 7.17. The van der Waals surface area contributed by atoms with Crippen LogP contribution in [0.25, 0.3) is 16.0 Å². The highest BCUT2D eigenvalue weighted by Crippen LogP contribution is 2.16. The van der Waals surface area contributed by atoms with Crippen molar-refractivity contribution in [3.8, 4) is 0 Å². The highest BCUT2D eigenvalue weighted by atomic mass is 32.1. The van der Waals surface area contributed by atoms with E-state index in [1.165, 1.54) is 17.7 Å². The molecule has 28 heavy (non-hydrogen) atoms. The number of carbonyl (C=O) groups excluding carboxylic acids is 1. The number of amides is 1. The summed E-state index contributed by atoms with van der Waals surface area (Å²) in [6, 6.07) is 1.80. The summed E-state index contributed by atoms with van der Waals surface area (Å²) in [5, 5.41) is 6.00. The first kappa shape index (κ1) is 18.2. The van der Waals surface area contributed by atoms with Crippen molar-refractivity contribution in [1.29, 1.82) is 0 Å². The Morgan fingerprint density at radius 3 is 2.96 bits per heavy atom. The zero-order valence-corrected chi connectivity index (χ0v) is 16.6. The average molecular weight is 397 g/mol. The number of aryl methyl sites for hydroxylation is 2. The van der Waals surface area contributed by atoms with Gasteiger partial charge in [-0.1, -0.05) is 0 Å². The second-order valence-electron chi connectivity index (χ2n) is 6.63. The Morgan fingerprint density at radius 1 is 1.32 bits per heavy atom. The van der Waals surface area contributed by atoms with Gasteiger partial charge in [0.15, 0.2) is 0 Å². The van der Waals surface area contributed by atoms with Crippen LogP contribution >= 0.6 is 11.3 Å². The van der Waals surface area contributed by atoms with Crippen molar-refractivity contribution in [3.63, 3.8) is 0 Å². The number of nitrogens with one attached hydrogen (secondary N) is 1. The minimum Gasteiger partial charge on any atom is -0.338 e. The quantitative estimate of drug-likeness (QED) is 0.548. The molecule has 0 aromatic carbocycles. The van der Waals surface area contributed by atoms with E-state index >= 15 is 0 Å². The van der Waals surface area contributed by atoms with E-state index in [1.807, 2.05) is 19.2 Å². The molecule has 0 aliphatic rings. The molecule has 0 spiro atoms. The van der Waals surface area contributed by atoms with E-state index < -0.39 is 0 Å². The predicted molar refractivity (Wildman–Crippen MR) is 105 cm³/mol. The van der Waals surface area contributed by atoms with Crippen LogP contribution in [0.1, 0.15) is 29.2 Å². The fourth-order valence-corrected chi connectivity index (χ4v) is 3.97. The molecule has 0 aliphatic carbocycles. The topological polar surface area (TPSA) is 109 Å². The van der Waals surface area contributed by atoms with Crippen molar-refractivity contribution in [2.45, 2.75) is 33.2 Å². The molecular formula is C18H19N7O2S. The lowest BCUT2D eigenvalue weighted by Crippen LogP contribution is -2.28. The molecule has 0 saturated carbocycles. The molecule has 0 saturated heterocycles. The Kier molecular flexibility index (Phi) is 4.63. The van der Waals surface area contributed by atoms with Crippen LogP contribution < -0.4 is 5.56 Å². The zero-order chi connectivity index (χ0) is 19.8. The number of aromatic nitrogens is 6. The van der Waals surface area contributed by atoms with E-state index in [9.17, 15) is 9.59 Å². The molecule has 1 N–H and O–H groups in total. The minimum absolute atomic E-state index is 0.0365. The van der Waals surface area contributed by atoms with Crippen molar-refractivity contribution >= 4 is 33.2 Å². The normalized spacial score (nSPS) is 11.4. The van der Waals surface area contributed by atoms with Crippen molar-refractivity contribution in [2.24, 2.45) is 0 Å². The minimum atomic E-state index is -0.172.